The third kappa shape index (κ3) is 5.86. The van der Waals surface area contributed by atoms with Gasteiger partial charge in [-0.1, -0.05) is 6.58 Å². The van der Waals surface area contributed by atoms with Crippen molar-refractivity contribution in [3.63, 3.8) is 0 Å². The number of fused-ring (bicyclic) bond motifs is 1. The molecule has 4 N–H and O–H groups in total. The molecule has 0 spiro atoms. The number of benzene rings is 2. The second kappa shape index (κ2) is 11.1. The molecule has 5 rings (SSSR count). The first-order valence-corrected chi connectivity index (χ1v) is 12.8. The molecule has 2 heterocycles. The minimum Gasteiger partial charge on any atom is -0.497 e. The lowest BCUT2D eigenvalue weighted by molar-refractivity contribution is -0.111. The molecule has 2 aromatic heterocycles. The fourth-order valence-electron chi connectivity index (χ4n) is 4.51. The number of carbonyl (C=O) groups is 2. The second-order valence-electron chi connectivity index (χ2n) is 9.67. The van der Waals surface area contributed by atoms with Crippen molar-refractivity contribution in [3.05, 3.63) is 61.4 Å². The first-order valence-electron chi connectivity index (χ1n) is 12.8. The van der Waals surface area contributed by atoms with Crippen molar-refractivity contribution in [2.24, 2.45) is 7.05 Å². The number of carboxylic acid groups (broad SMARTS) is 1. The van der Waals surface area contributed by atoms with E-state index in [1.54, 1.807) is 25.4 Å². The lowest BCUT2D eigenvalue weighted by atomic mass is 10.1. The fourth-order valence-corrected chi connectivity index (χ4v) is 4.51. The van der Waals surface area contributed by atoms with E-state index in [2.05, 4.69) is 27.5 Å². The van der Waals surface area contributed by atoms with Crippen LogP contribution in [-0.4, -0.2) is 58.0 Å². The highest BCUT2D eigenvalue weighted by Crippen LogP contribution is 2.41. The predicted octanol–water partition coefficient (Wildman–Crippen LogP) is 4.70. The van der Waals surface area contributed by atoms with Crippen LogP contribution < -0.4 is 30.2 Å². The molecule has 0 unspecified atom stereocenters. The summed E-state index contributed by atoms with van der Waals surface area (Å²) >= 11 is 0. The van der Waals surface area contributed by atoms with Gasteiger partial charge in [0.05, 0.1) is 42.3 Å². The minimum atomic E-state index is -1.12. The Morgan fingerprint density at radius 3 is 2.61 bits per heavy atom. The standard InChI is InChI=1S/C29H30N6O6/c1-5-26(36)31-22-13-21(24(40-4)14-25(22)41-16-29(9-10-29)34-28(37)38)33-27-30-11-8-20(32-27)19-15-35(2)23-12-17(39-3)6-7-18(19)23/h5-8,11-15,34H,1,9-10,16H2,2-4H3,(H,31,36)(H,37,38)(H,30,32,33). The van der Waals surface area contributed by atoms with Gasteiger partial charge in [0.2, 0.25) is 11.9 Å². The van der Waals surface area contributed by atoms with Crippen molar-refractivity contribution in [1.82, 2.24) is 19.9 Å². The molecule has 1 fully saturated rings. The van der Waals surface area contributed by atoms with E-state index in [1.807, 2.05) is 42.1 Å². The molecule has 1 aliphatic rings. The van der Waals surface area contributed by atoms with Crippen LogP contribution in [0.2, 0.25) is 0 Å². The van der Waals surface area contributed by atoms with Crippen LogP contribution in [0.15, 0.2) is 61.4 Å². The van der Waals surface area contributed by atoms with Crippen molar-refractivity contribution < 1.29 is 28.9 Å². The molecule has 0 bridgehead atoms. The molecule has 12 heteroatoms. The molecule has 0 aliphatic heterocycles. The summed E-state index contributed by atoms with van der Waals surface area (Å²) in [5, 5.41) is 18.6. The number of carbonyl (C=O) groups excluding carboxylic acids is 1. The Morgan fingerprint density at radius 2 is 1.93 bits per heavy atom. The van der Waals surface area contributed by atoms with Gasteiger partial charge in [0.25, 0.3) is 0 Å². The first kappa shape index (κ1) is 27.3. The van der Waals surface area contributed by atoms with Crippen molar-refractivity contribution >= 4 is 40.2 Å². The lowest BCUT2D eigenvalue weighted by Gasteiger charge is -2.20. The molecule has 0 radical (unpaired) electrons. The van der Waals surface area contributed by atoms with Gasteiger partial charge in [-0.3, -0.25) is 4.79 Å². The average Bonchev–Trinajstić information content (AvgIpc) is 3.65. The summed E-state index contributed by atoms with van der Waals surface area (Å²) in [6, 6.07) is 10.9. The summed E-state index contributed by atoms with van der Waals surface area (Å²) in [4.78, 5) is 32.5. The van der Waals surface area contributed by atoms with Crippen LogP contribution in [0.3, 0.4) is 0 Å². The monoisotopic (exact) mass is 558 g/mol. The van der Waals surface area contributed by atoms with Crippen LogP contribution in [0.5, 0.6) is 17.2 Å². The molecule has 2 amide bonds. The van der Waals surface area contributed by atoms with E-state index in [4.69, 9.17) is 24.3 Å². The lowest BCUT2D eigenvalue weighted by Crippen LogP contribution is -2.40. The number of methoxy groups -OCH3 is 2. The normalized spacial score (nSPS) is 13.2. The molecular formula is C29H30N6O6. The molecule has 12 nitrogen and oxygen atoms in total. The van der Waals surface area contributed by atoms with Gasteiger partial charge in [-0.25, -0.2) is 14.8 Å². The molecule has 2 aromatic carbocycles. The number of nitrogens with zero attached hydrogens (tertiary/aromatic N) is 3. The molecule has 1 saturated carbocycles. The topological polar surface area (TPSA) is 149 Å². The van der Waals surface area contributed by atoms with Gasteiger partial charge in [0, 0.05) is 42.5 Å². The Bertz CT molecular complexity index is 1640. The molecule has 0 atom stereocenters. The molecule has 41 heavy (non-hydrogen) atoms. The van der Waals surface area contributed by atoms with Crippen LogP contribution in [0.4, 0.5) is 22.1 Å². The third-order valence-electron chi connectivity index (χ3n) is 6.85. The number of nitrogens with one attached hydrogen (secondary N) is 3. The summed E-state index contributed by atoms with van der Waals surface area (Å²) in [5.74, 6) is 1.34. The SMILES string of the molecule is C=CC(=O)Nc1cc(Nc2nccc(-c3cn(C)c4cc(OC)ccc34)n2)c(OC)cc1OCC1(NC(=O)O)CC1. The zero-order chi connectivity index (χ0) is 29.1. The highest BCUT2D eigenvalue weighted by molar-refractivity contribution is 6.00. The van der Waals surface area contributed by atoms with Crippen molar-refractivity contribution in [2.75, 3.05) is 31.5 Å². The summed E-state index contributed by atoms with van der Waals surface area (Å²) in [6.45, 7) is 3.60. The Labute approximate surface area is 236 Å². The number of rotatable bonds is 11. The van der Waals surface area contributed by atoms with Crippen LogP contribution >= 0.6 is 0 Å². The minimum absolute atomic E-state index is 0.0915. The summed E-state index contributed by atoms with van der Waals surface area (Å²) in [7, 11) is 5.10. The maximum Gasteiger partial charge on any atom is 0.405 e. The smallest absolute Gasteiger partial charge is 0.405 e. The third-order valence-corrected chi connectivity index (χ3v) is 6.85. The van der Waals surface area contributed by atoms with Gasteiger partial charge < -0.3 is 39.8 Å². The number of ether oxygens (including phenoxy) is 3. The number of hydrogen-bond donors (Lipinski definition) is 4. The van der Waals surface area contributed by atoms with E-state index in [9.17, 15) is 9.59 Å². The molecule has 1 aliphatic carbocycles. The van der Waals surface area contributed by atoms with Gasteiger partial charge in [-0.05, 0) is 43.2 Å². The largest absolute Gasteiger partial charge is 0.497 e. The zero-order valence-corrected chi connectivity index (χ0v) is 22.9. The fraction of sp³-hybridized carbons (Fsp3) is 0.241. The number of anilines is 3. The van der Waals surface area contributed by atoms with Gasteiger partial charge >= 0.3 is 6.09 Å². The van der Waals surface area contributed by atoms with Gasteiger partial charge in [0.15, 0.2) is 0 Å². The number of hydrogen-bond acceptors (Lipinski definition) is 8. The second-order valence-corrected chi connectivity index (χ2v) is 9.67. The number of aryl methyl sites for hydroxylation is 1. The highest BCUT2D eigenvalue weighted by atomic mass is 16.5. The van der Waals surface area contributed by atoms with Gasteiger partial charge in [-0.15, -0.1) is 0 Å². The van der Waals surface area contributed by atoms with E-state index in [0.717, 1.165) is 28.3 Å². The summed E-state index contributed by atoms with van der Waals surface area (Å²) in [6.07, 6.45) is 4.99. The average molecular weight is 559 g/mol. The quantitative estimate of drug-likeness (QED) is 0.192. The van der Waals surface area contributed by atoms with Crippen molar-refractivity contribution in [2.45, 2.75) is 18.4 Å². The van der Waals surface area contributed by atoms with E-state index in [0.29, 0.717) is 47.4 Å². The van der Waals surface area contributed by atoms with E-state index < -0.39 is 17.5 Å². The van der Waals surface area contributed by atoms with Crippen LogP contribution in [-0.2, 0) is 11.8 Å². The molecule has 0 saturated heterocycles. The maximum atomic E-state index is 12.2. The Hall–Kier alpha value is -5.26. The van der Waals surface area contributed by atoms with Crippen molar-refractivity contribution in [1.29, 1.82) is 0 Å². The van der Waals surface area contributed by atoms with E-state index >= 15 is 0 Å². The molecule has 4 aromatic rings. The Balaban J connectivity index is 1.45. The zero-order valence-electron chi connectivity index (χ0n) is 22.9. The number of aromatic nitrogens is 3. The molecular weight excluding hydrogens is 528 g/mol. The molecule has 212 valence electrons. The maximum absolute atomic E-state index is 12.2. The summed E-state index contributed by atoms with van der Waals surface area (Å²) in [5.41, 5.74) is 2.79. The highest BCUT2D eigenvalue weighted by Gasteiger charge is 2.45. The van der Waals surface area contributed by atoms with Crippen molar-refractivity contribution in [3.8, 4) is 28.5 Å². The Morgan fingerprint density at radius 1 is 1.12 bits per heavy atom. The van der Waals surface area contributed by atoms with Gasteiger partial charge in [0.1, 0.15) is 23.9 Å². The number of amides is 2. The first-order chi connectivity index (χ1) is 19.7. The summed E-state index contributed by atoms with van der Waals surface area (Å²) < 4.78 is 18.9. The van der Waals surface area contributed by atoms with E-state index in [1.165, 1.54) is 7.11 Å². The van der Waals surface area contributed by atoms with Crippen LogP contribution in [0, 0.1) is 0 Å². The van der Waals surface area contributed by atoms with Crippen LogP contribution in [0.25, 0.3) is 22.2 Å². The van der Waals surface area contributed by atoms with Gasteiger partial charge in [-0.2, -0.15) is 0 Å². The predicted molar refractivity (Wildman–Crippen MR) is 154 cm³/mol. The van der Waals surface area contributed by atoms with E-state index in [-0.39, 0.29) is 6.61 Å². The van der Waals surface area contributed by atoms with Crippen LogP contribution in [0.1, 0.15) is 12.8 Å². The Kier molecular flexibility index (Phi) is 7.38.